The number of rotatable bonds is 4. The lowest BCUT2D eigenvalue weighted by molar-refractivity contribution is 0.402. The topological polar surface area (TPSA) is 53.4 Å². The molecule has 0 aliphatic carbocycles. The normalized spacial score (nSPS) is 9.72. The van der Waals surface area contributed by atoms with Crippen molar-refractivity contribution < 1.29 is 10.0 Å². The smallest absolute Gasteiger partial charge is 0.427 e. The average molecular weight is 245 g/mol. The number of fused-ring (bicyclic) bond motifs is 1. The molecule has 1 heterocycles. The summed E-state index contributed by atoms with van der Waals surface area (Å²) in [6.07, 6.45) is 5.48. The minimum Gasteiger partial charge on any atom is -0.427 e. The molecule has 2 rings (SSSR count). The number of nitrogens with zero attached hydrogens (tertiary/aromatic N) is 1. The molecule has 0 unspecified atom stereocenters. The molecule has 0 aliphatic rings. The van der Waals surface area contributed by atoms with E-state index in [-0.39, 0.29) is 0 Å². The first kappa shape index (κ1) is 14.7. The van der Waals surface area contributed by atoms with Crippen molar-refractivity contribution in [3.63, 3.8) is 0 Å². The van der Waals surface area contributed by atoms with Crippen LogP contribution in [0.25, 0.3) is 10.9 Å². The second kappa shape index (κ2) is 8.67. The minimum absolute atomic E-state index is 0.522. The van der Waals surface area contributed by atoms with Crippen molar-refractivity contribution in [3.8, 4) is 0 Å². The fourth-order valence-electron chi connectivity index (χ4n) is 1.59. The molecule has 0 saturated heterocycles. The van der Waals surface area contributed by atoms with E-state index in [2.05, 4.69) is 24.0 Å². The van der Waals surface area contributed by atoms with Gasteiger partial charge < -0.3 is 10.0 Å². The van der Waals surface area contributed by atoms with Crippen molar-refractivity contribution in [2.45, 2.75) is 32.5 Å². The maximum Gasteiger partial charge on any atom is 0.451 e. The highest BCUT2D eigenvalue weighted by Crippen LogP contribution is 2.07. The van der Waals surface area contributed by atoms with Crippen LogP contribution in [0.15, 0.2) is 42.6 Å². The lowest BCUT2D eigenvalue weighted by Gasteiger charge is -1.94. The molecule has 2 aromatic rings. The summed E-state index contributed by atoms with van der Waals surface area (Å²) in [6, 6.07) is 12.1. The van der Waals surface area contributed by atoms with Gasteiger partial charge in [0, 0.05) is 11.6 Å². The first-order valence-electron chi connectivity index (χ1n) is 6.40. The van der Waals surface area contributed by atoms with Crippen LogP contribution in [-0.2, 0) is 0 Å². The van der Waals surface area contributed by atoms with E-state index in [1.54, 1.807) is 0 Å². The summed E-state index contributed by atoms with van der Waals surface area (Å²) in [5, 5.41) is 17.9. The summed E-state index contributed by atoms with van der Waals surface area (Å²) in [5.41, 5.74) is 1.06. The monoisotopic (exact) mass is 245 g/mol. The van der Waals surface area contributed by atoms with Gasteiger partial charge in [-0.3, -0.25) is 4.98 Å². The van der Waals surface area contributed by atoms with Gasteiger partial charge in [-0.05, 0) is 18.5 Å². The molecule has 18 heavy (non-hydrogen) atoms. The van der Waals surface area contributed by atoms with Crippen LogP contribution in [-0.4, -0.2) is 22.2 Å². The van der Waals surface area contributed by atoms with Gasteiger partial charge in [0.2, 0.25) is 0 Å². The average Bonchev–Trinajstić information content (AvgIpc) is 2.40. The molecule has 4 heteroatoms. The second-order valence-corrected chi connectivity index (χ2v) is 4.17. The maximum absolute atomic E-state index is 8.33. The van der Waals surface area contributed by atoms with Crippen molar-refractivity contribution in [2.24, 2.45) is 0 Å². The van der Waals surface area contributed by atoms with Crippen molar-refractivity contribution in [1.29, 1.82) is 0 Å². The van der Waals surface area contributed by atoms with Crippen LogP contribution >= 0.6 is 0 Å². The third kappa shape index (κ3) is 5.80. The molecular weight excluding hydrogens is 225 g/mol. The van der Waals surface area contributed by atoms with E-state index >= 15 is 0 Å². The molecule has 1 aromatic heterocycles. The molecule has 2 N–H and O–H groups in total. The van der Waals surface area contributed by atoms with Gasteiger partial charge in [-0.1, -0.05) is 50.5 Å². The number of hydrogen-bond donors (Lipinski definition) is 2. The second-order valence-electron chi connectivity index (χ2n) is 4.17. The minimum atomic E-state index is -1.10. The molecule has 96 valence electrons. The molecule has 1 aromatic carbocycles. The summed E-state index contributed by atoms with van der Waals surface area (Å²) in [4.78, 5) is 4.18. The molecule has 0 saturated carbocycles. The molecular formula is C14H20BNO2. The third-order valence-electron chi connectivity index (χ3n) is 2.58. The van der Waals surface area contributed by atoms with Crippen molar-refractivity contribution in [2.75, 3.05) is 0 Å². The Balaban J connectivity index is 0.000000187. The van der Waals surface area contributed by atoms with E-state index in [0.29, 0.717) is 6.32 Å². The van der Waals surface area contributed by atoms with Crippen LogP contribution in [0.1, 0.15) is 26.2 Å². The largest absolute Gasteiger partial charge is 0.451 e. The number of para-hydroxylation sites is 1. The number of pyridine rings is 1. The Morgan fingerprint density at radius 2 is 1.78 bits per heavy atom. The summed E-state index contributed by atoms with van der Waals surface area (Å²) < 4.78 is 0. The van der Waals surface area contributed by atoms with E-state index < -0.39 is 7.12 Å². The number of benzene rings is 1. The van der Waals surface area contributed by atoms with E-state index in [0.717, 1.165) is 24.8 Å². The summed E-state index contributed by atoms with van der Waals surface area (Å²) in [6.45, 7) is 2.09. The Kier molecular flexibility index (Phi) is 7.07. The first-order chi connectivity index (χ1) is 8.74. The van der Waals surface area contributed by atoms with Crippen LogP contribution in [0.2, 0.25) is 6.32 Å². The van der Waals surface area contributed by atoms with E-state index in [1.807, 2.05) is 30.5 Å². The Morgan fingerprint density at radius 1 is 1.06 bits per heavy atom. The van der Waals surface area contributed by atoms with Crippen LogP contribution in [0.5, 0.6) is 0 Å². The highest BCUT2D eigenvalue weighted by Gasteiger charge is 2.03. The zero-order valence-electron chi connectivity index (χ0n) is 10.8. The summed E-state index contributed by atoms with van der Waals surface area (Å²) in [7, 11) is -1.10. The lowest BCUT2D eigenvalue weighted by atomic mass is 9.84. The SMILES string of the molecule is CCCCCB(O)O.c1ccc2ncccc2c1. The zero-order chi connectivity index (χ0) is 13.2. The molecule has 0 spiro atoms. The lowest BCUT2D eigenvalue weighted by Crippen LogP contribution is -2.09. The van der Waals surface area contributed by atoms with E-state index in [1.165, 1.54) is 5.39 Å². The fraction of sp³-hybridized carbons (Fsp3) is 0.357. The highest BCUT2D eigenvalue weighted by atomic mass is 16.4. The van der Waals surface area contributed by atoms with Crippen LogP contribution in [0.4, 0.5) is 0 Å². The van der Waals surface area contributed by atoms with Gasteiger partial charge in [0.1, 0.15) is 0 Å². The van der Waals surface area contributed by atoms with Gasteiger partial charge in [-0.2, -0.15) is 0 Å². The molecule has 0 radical (unpaired) electrons. The standard InChI is InChI=1S/C9H7N.C5H13BO2/c1-2-6-9-8(4-1)5-3-7-10-9;1-2-3-4-5-6(7)8/h1-7H;7-8H,2-5H2,1H3. The fourth-order valence-corrected chi connectivity index (χ4v) is 1.59. The molecule has 0 atom stereocenters. The van der Waals surface area contributed by atoms with Crippen LogP contribution in [0.3, 0.4) is 0 Å². The van der Waals surface area contributed by atoms with Gasteiger partial charge in [-0.25, -0.2) is 0 Å². The summed E-state index contributed by atoms with van der Waals surface area (Å²) in [5.74, 6) is 0. The molecule has 0 fully saturated rings. The number of unbranched alkanes of at least 4 members (excludes halogenated alkanes) is 2. The molecule has 3 nitrogen and oxygen atoms in total. The van der Waals surface area contributed by atoms with Gasteiger partial charge in [0.15, 0.2) is 0 Å². The van der Waals surface area contributed by atoms with Crippen molar-refractivity contribution in [1.82, 2.24) is 4.98 Å². The van der Waals surface area contributed by atoms with Crippen LogP contribution < -0.4 is 0 Å². The number of aromatic nitrogens is 1. The van der Waals surface area contributed by atoms with Gasteiger partial charge in [0.05, 0.1) is 5.52 Å². The van der Waals surface area contributed by atoms with Gasteiger partial charge in [-0.15, -0.1) is 0 Å². The first-order valence-corrected chi connectivity index (χ1v) is 6.40. The molecule has 0 aliphatic heterocycles. The Labute approximate surface area is 109 Å². The predicted molar refractivity (Wildman–Crippen MR) is 76.3 cm³/mol. The van der Waals surface area contributed by atoms with Gasteiger partial charge >= 0.3 is 7.12 Å². The maximum atomic E-state index is 8.33. The zero-order valence-corrected chi connectivity index (χ0v) is 10.8. The molecule has 0 amide bonds. The quantitative estimate of drug-likeness (QED) is 0.643. The van der Waals surface area contributed by atoms with E-state index in [4.69, 9.17) is 10.0 Å². The molecule has 0 bridgehead atoms. The van der Waals surface area contributed by atoms with Crippen molar-refractivity contribution in [3.05, 3.63) is 42.6 Å². The third-order valence-corrected chi connectivity index (χ3v) is 2.58. The predicted octanol–water partition coefficient (Wildman–Crippen LogP) is 2.88. The van der Waals surface area contributed by atoms with Gasteiger partial charge in [0.25, 0.3) is 0 Å². The van der Waals surface area contributed by atoms with Crippen LogP contribution in [0, 0.1) is 0 Å². The Morgan fingerprint density at radius 3 is 2.44 bits per heavy atom. The Hall–Kier alpha value is -1.39. The highest BCUT2D eigenvalue weighted by molar-refractivity contribution is 6.40. The number of hydrogen-bond acceptors (Lipinski definition) is 3. The Bertz CT molecular complexity index is 383. The summed E-state index contributed by atoms with van der Waals surface area (Å²) >= 11 is 0. The van der Waals surface area contributed by atoms with Crippen molar-refractivity contribution >= 4 is 18.0 Å². The van der Waals surface area contributed by atoms with E-state index in [9.17, 15) is 0 Å².